The Kier molecular flexibility index (Phi) is 3.75. The van der Waals surface area contributed by atoms with E-state index in [4.69, 9.17) is 5.73 Å². The van der Waals surface area contributed by atoms with Crippen molar-refractivity contribution in [2.45, 2.75) is 17.8 Å². The van der Waals surface area contributed by atoms with Gasteiger partial charge < -0.3 is 5.73 Å². The highest BCUT2D eigenvalue weighted by atomic mass is 32.2. The van der Waals surface area contributed by atoms with Gasteiger partial charge in [-0.15, -0.1) is 0 Å². The molecule has 0 saturated heterocycles. The third-order valence-corrected chi connectivity index (χ3v) is 3.87. The molecule has 0 fully saturated rings. The second-order valence-corrected chi connectivity index (χ2v) is 5.06. The lowest BCUT2D eigenvalue weighted by Crippen LogP contribution is -2.33. The Labute approximate surface area is 113 Å². The van der Waals surface area contributed by atoms with Gasteiger partial charge in [0.25, 0.3) is 0 Å². The molecule has 100 valence electrons. The van der Waals surface area contributed by atoms with Crippen molar-refractivity contribution in [1.29, 1.82) is 0 Å². The minimum absolute atomic E-state index is 0.464. The first-order chi connectivity index (χ1) is 8.99. The highest BCUT2D eigenvalue weighted by Gasteiger charge is 2.07. The van der Waals surface area contributed by atoms with Gasteiger partial charge in [0, 0.05) is 18.5 Å². The summed E-state index contributed by atoms with van der Waals surface area (Å²) < 4.78 is 1.44. The highest BCUT2D eigenvalue weighted by Crippen LogP contribution is 2.23. The molecule has 2 rings (SSSR count). The van der Waals surface area contributed by atoms with Crippen LogP contribution in [0, 0.1) is 6.92 Å². The summed E-state index contributed by atoms with van der Waals surface area (Å²) in [6, 6.07) is 5.71. The van der Waals surface area contributed by atoms with Crippen molar-refractivity contribution in [2.24, 2.45) is 7.05 Å². The molecule has 0 aliphatic rings. The van der Waals surface area contributed by atoms with E-state index in [0.29, 0.717) is 10.9 Å². The van der Waals surface area contributed by atoms with Crippen LogP contribution in [0.5, 0.6) is 0 Å². The lowest BCUT2D eigenvalue weighted by atomic mass is 10.1. The maximum Gasteiger partial charge on any atom is 0.339 e. The largest absolute Gasteiger partial charge is 0.399 e. The number of thioether (sulfide) groups is 1. The fourth-order valence-electron chi connectivity index (χ4n) is 1.59. The summed E-state index contributed by atoms with van der Waals surface area (Å²) in [7, 11) is 1.64. The van der Waals surface area contributed by atoms with Gasteiger partial charge in [-0.1, -0.05) is 23.9 Å². The van der Waals surface area contributed by atoms with Crippen molar-refractivity contribution in [3.63, 3.8) is 0 Å². The molecular weight excluding hydrogens is 264 g/mol. The molecule has 19 heavy (non-hydrogen) atoms. The predicted octanol–water partition coefficient (Wildman–Crippen LogP) is 0.652. The first-order valence-corrected chi connectivity index (χ1v) is 6.61. The average Bonchev–Trinajstić information content (AvgIpc) is 2.37. The van der Waals surface area contributed by atoms with Crippen LogP contribution in [0.25, 0.3) is 0 Å². The number of aromatic nitrogens is 3. The number of nitrogens with one attached hydrogen (secondary N) is 1. The molecule has 0 saturated carbocycles. The van der Waals surface area contributed by atoms with Crippen LogP contribution in [0.15, 0.2) is 32.9 Å². The first kappa shape index (κ1) is 13.4. The summed E-state index contributed by atoms with van der Waals surface area (Å²) in [5, 5.41) is 2.87. The summed E-state index contributed by atoms with van der Waals surface area (Å²) >= 11 is 1.37. The fourth-order valence-corrected chi connectivity index (χ4v) is 2.58. The molecule has 0 aliphatic heterocycles. The van der Waals surface area contributed by atoms with Crippen LogP contribution in [0.1, 0.15) is 11.1 Å². The van der Waals surface area contributed by atoms with Gasteiger partial charge in [0.15, 0.2) is 5.16 Å². The van der Waals surface area contributed by atoms with Crippen molar-refractivity contribution < 1.29 is 0 Å². The van der Waals surface area contributed by atoms with Crippen molar-refractivity contribution in [3.05, 3.63) is 50.0 Å². The molecule has 2 aromatic rings. The normalized spacial score (nSPS) is 10.6. The van der Waals surface area contributed by atoms with E-state index >= 15 is 0 Å². The number of benzene rings is 1. The van der Waals surface area contributed by atoms with Crippen LogP contribution in [0.3, 0.4) is 0 Å². The molecule has 6 nitrogen and oxygen atoms in total. The van der Waals surface area contributed by atoms with Crippen LogP contribution in [-0.4, -0.2) is 14.8 Å². The first-order valence-electron chi connectivity index (χ1n) is 5.63. The number of aryl methyl sites for hydroxylation is 1. The molecule has 0 aliphatic carbocycles. The SMILES string of the molecule is Cc1c(N)cccc1CSc1nc(=O)c(=O)[nH]n1C. The molecule has 0 unspecified atom stereocenters. The molecule has 1 aromatic heterocycles. The fraction of sp³-hybridized carbons (Fsp3) is 0.250. The van der Waals surface area contributed by atoms with Crippen molar-refractivity contribution in [3.8, 4) is 0 Å². The lowest BCUT2D eigenvalue weighted by molar-refractivity contribution is 0.596. The van der Waals surface area contributed by atoms with Crippen LogP contribution in [0.4, 0.5) is 5.69 Å². The standard InChI is InChI=1S/C12H14N4O2S/c1-7-8(4-3-5-9(7)13)6-19-12-14-10(17)11(18)15-16(12)2/h3-5H,6,13H2,1-2H3,(H,15,18). The summed E-state index contributed by atoms with van der Waals surface area (Å²) in [4.78, 5) is 26.0. The summed E-state index contributed by atoms with van der Waals surface area (Å²) in [6.45, 7) is 1.95. The number of aromatic amines is 1. The molecule has 7 heteroatoms. The molecule has 0 radical (unpaired) electrons. The minimum Gasteiger partial charge on any atom is -0.399 e. The van der Waals surface area contributed by atoms with Crippen LogP contribution in [-0.2, 0) is 12.8 Å². The van der Waals surface area contributed by atoms with Gasteiger partial charge in [-0.25, -0.2) is 0 Å². The summed E-state index contributed by atoms with van der Waals surface area (Å²) in [5.74, 6) is 0.628. The van der Waals surface area contributed by atoms with E-state index in [1.54, 1.807) is 7.05 Å². The number of nitrogens with zero attached hydrogens (tertiary/aromatic N) is 2. The van der Waals surface area contributed by atoms with Gasteiger partial charge in [0.1, 0.15) is 0 Å². The van der Waals surface area contributed by atoms with Crippen molar-refractivity contribution in [2.75, 3.05) is 5.73 Å². The molecule has 0 spiro atoms. The quantitative estimate of drug-likeness (QED) is 0.488. The van der Waals surface area contributed by atoms with E-state index in [-0.39, 0.29) is 0 Å². The maximum absolute atomic E-state index is 11.2. The molecule has 3 N–H and O–H groups in total. The highest BCUT2D eigenvalue weighted by molar-refractivity contribution is 7.98. The predicted molar refractivity (Wildman–Crippen MR) is 75.3 cm³/mol. The molecular formula is C12H14N4O2S. The number of hydrogen-bond acceptors (Lipinski definition) is 5. The van der Waals surface area contributed by atoms with Gasteiger partial charge in [0.2, 0.25) is 0 Å². The number of nitrogen functional groups attached to an aromatic ring is 1. The van der Waals surface area contributed by atoms with E-state index in [0.717, 1.165) is 16.8 Å². The van der Waals surface area contributed by atoms with Crippen LogP contribution >= 0.6 is 11.8 Å². The number of rotatable bonds is 3. The Morgan fingerprint density at radius 3 is 2.89 bits per heavy atom. The Balaban J connectivity index is 2.24. The van der Waals surface area contributed by atoms with Crippen molar-refractivity contribution >= 4 is 17.4 Å². The van der Waals surface area contributed by atoms with E-state index in [9.17, 15) is 9.59 Å². The third-order valence-electron chi connectivity index (χ3n) is 2.79. The van der Waals surface area contributed by atoms with Crippen LogP contribution in [0.2, 0.25) is 0 Å². The zero-order chi connectivity index (χ0) is 14.0. The minimum atomic E-state index is -0.773. The maximum atomic E-state index is 11.2. The summed E-state index contributed by atoms with van der Waals surface area (Å²) in [5.41, 5.74) is 7.18. The van der Waals surface area contributed by atoms with Gasteiger partial charge >= 0.3 is 11.1 Å². The third kappa shape index (κ3) is 2.87. The Morgan fingerprint density at radius 1 is 1.42 bits per heavy atom. The van der Waals surface area contributed by atoms with Gasteiger partial charge in [-0.05, 0) is 24.1 Å². The number of anilines is 1. The summed E-state index contributed by atoms with van der Waals surface area (Å²) in [6.07, 6.45) is 0. The molecule has 0 amide bonds. The van der Waals surface area contributed by atoms with E-state index in [1.165, 1.54) is 16.4 Å². The van der Waals surface area contributed by atoms with E-state index < -0.39 is 11.1 Å². The molecule has 1 heterocycles. The Bertz CT molecular complexity index is 720. The second kappa shape index (κ2) is 5.31. The number of H-pyrrole nitrogens is 1. The Hall–Kier alpha value is -2.02. The Morgan fingerprint density at radius 2 is 2.16 bits per heavy atom. The van der Waals surface area contributed by atoms with E-state index in [1.807, 2.05) is 25.1 Å². The molecule has 1 aromatic carbocycles. The number of hydrogen-bond donors (Lipinski definition) is 2. The van der Waals surface area contributed by atoms with Gasteiger partial charge in [-0.2, -0.15) is 4.98 Å². The van der Waals surface area contributed by atoms with Crippen LogP contribution < -0.4 is 16.9 Å². The zero-order valence-corrected chi connectivity index (χ0v) is 11.5. The van der Waals surface area contributed by atoms with Gasteiger partial charge in [-0.3, -0.25) is 19.4 Å². The zero-order valence-electron chi connectivity index (χ0n) is 10.6. The topological polar surface area (TPSA) is 93.8 Å². The monoisotopic (exact) mass is 278 g/mol. The molecule has 0 bridgehead atoms. The number of nitrogens with two attached hydrogens (primary N) is 1. The smallest absolute Gasteiger partial charge is 0.339 e. The second-order valence-electron chi connectivity index (χ2n) is 4.12. The average molecular weight is 278 g/mol. The van der Waals surface area contributed by atoms with E-state index in [2.05, 4.69) is 10.1 Å². The lowest BCUT2D eigenvalue weighted by Gasteiger charge is -2.09. The molecule has 0 atom stereocenters. The van der Waals surface area contributed by atoms with Gasteiger partial charge in [0.05, 0.1) is 0 Å². The van der Waals surface area contributed by atoms with Crippen molar-refractivity contribution in [1.82, 2.24) is 14.8 Å².